The Labute approximate surface area is 137 Å². The van der Waals surface area contributed by atoms with Gasteiger partial charge in [-0.2, -0.15) is 13.2 Å². The molecule has 1 nitrogen and oxygen atoms in total. The van der Waals surface area contributed by atoms with E-state index in [2.05, 4.69) is 4.98 Å². The van der Waals surface area contributed by atoms with Crippen LogP contribution in [-0.4, -0.2) is 4.98 Å². The van der Waals surface area contributed by atoms with Crippen molar-refractivity contribution in [2.75, 3.05) is 0 Å². The normalized spacial score (nSPS) is 12.5. The van der Waals surface area contributed by atoms with Gasteiger partial charge in [-0.15, -0.1) is 0 Å². The molecule has 0 spiro atoms. The molecule has 1 heterocycles. The maximum absolute atomic E-state index is 13.1. The summed E-state index contributed by atoms with van der Waals surface area (Å²) < 4.78 is 39.3. The molecule has 4 aromatic rings. The zero-order chi connectivity index (χ0) is 16.9. The average molecular weight is 327 g/mol. The molecule has 0 radical (unpaired) electrons. The largest absolute Gasteiger partial charge is 0.416 e. The maximum Gasteiger partial charge on any atom is 0.416 e. The maximum atomic E-state index is 13.1. The van der Waals surface area contributed by atoms with Crippen molar-refractivity contribution in [2.45, 2.75) is 25.9 Å². The third-order valence-electron chi connectivity index (χ3n) is 4.55. The van der Waals surface area contributed by atoms with E-state index < -0.39 is 11.7 Å². The molecule has 0 atom stereocenters. The van der Waals surface area contributed by atoms with Crippen molar-refractivity contribution in [3.05, 3.63) is 59.7 Å². The number of benzene rings is 3. The minimum atomic E-state index is -4.33. The molecule has 0 unspecified atom stereocenters. The van der Waals surface area contributed by atoms with E-state index in [4.69, 9.17) is 0 Å². The van der Waals surface area contributed by atoms with Crippen LogP contribution >= 0.6 is 0 Å². The van der Waals surface area contributed by atoms with Crippen molar-refractivity contribution < 1.29 is 13.2 Å². The predicted octanol–water partition coefficient (Wildman–Crippen LogP) is 6.45. The lowest BCUT2D eigenvalue weighted by Crippen LogP contribution is -2.04. The summed E-state index contributed by atoms with van der Waals surface area (Å²) in [7, 11) is 0. The molecule has 122 valence electrons. The third-order valence-corrected chi connectivity index (χ3v) is 4.55. The molecule has 4 rings (SSSR count). The summed E-state index contributed by atoms with van der Waals surface area (Å²) in [5.74, 6) is 0. The number of rotatable bonds is 2. The van der Waals surface area contributed by atoms with Crippen LogP contribution in [0.25, 0.3) is 32.6 Å². The summed E-state index contributed by atoms with van der Waals surface area (Å²) in [5.41, 5.74) is 2.28. The second-order valence-corrected chi connectivity index (χ2v) is 6.14. The number of halogens is 3. The van der Waals surface area contributed by atoms with Crippen LogP contribution in [0.1, 0.15) is 24.5 Å². The van der Waals surface area contributed by atoms with E-state index in [0.717, 1.165) is 45.6 Å². The van der Waals surface area contributed by atoms with Crippen LogP contribution in [0.15, 0.2) is 48.5 Å². The molecular weight excluding hydrogens is 311 g/mol. The number of aryl methyl sites for hydroxylation is 1. The van der Waals surface area contributed by atoms with Gasteiger partial charge in [-0.05, 0) is 41.6 Å². The summed E-state index contributed by atoms with van der Waals surface area (Å²) in [6, 6.07) is 14.1. The fourth-order valence-electron chi connectivity index (χ4n) is 3.46. The van der Waals surface area contributed by atoms with E-state index in [1.807, 2.05) is 37.3 Å². The van der Waals surface area contributed by atoms with Crippen LogP contribution in [-0.2, 0) is 12.6 Å². The molecule has 0 amide bonds. The molecule has 24 heavy (non-hydrogen) atoms. The lowest BCUT2D eigenvalue weighted by atomic mass is 9.96. The smallest absolute Gasteiger partial charge is 0.354 e. The molecule has 4 heteroatoms. The topological polar surface area (TPSA) is 15.8 Å². The highest BCUT2D eigenvalue weighted by atomic mass is 19.4. The molecule has 0 aliphatic heterocycles. The van der Waals surface area contributed by atoms with Gasteiger partial charge in [0.05, 0.1) is 11.1 Å². The number of nitrogens with one attached hydrogen (secondary N) is 1. The van der Waals surface area contributed by atoms with Gasteiger partial charge >= 0.3 is 6.18 Å². The number of aromatic nitrogens is 1. The second kappa shape index (κ2) is 5.26. The van der Waals surface area contributed by atoms with E-state index >= 15 is 0 Å². The molecule has 1 N–H and O–H groups in total. The number of H-pyrrole nitrogens is 1. The Bertz CT molecular complexity index is 1060. The van der Waals surface area contributed by atoms with E-state index in [1.165, 1.54) is 12.1 Å². The number of aromatic amines is 1. The van der Waals surface area contributed by atoms with Gasteiger partial charge in [-0.25, -0.2) is 0 Å². The first-order valence-electron chi connectivity index (χ1n) is 8.02. The first-order chi connectivity index (χ1) is 11.5. The summed E-state index contributed by atoms with van der Waals surface area (Å²) >= 11 is 0. The van der Waals surface area contributed by atoms with Gasteiger partial charge in [-0.1, -0.05) is 37.6 Å². The molecule has 0 saturated carbocycles. The lowest BCUT2D eigenvalue weighted by molar-refractivity contribution is -0.137. The van der Waals surface area contributed by atoms with Crippen LogP contribution in [0.4, 0.5) is 13.2 Å². The van der Waals surface area contributed by atoms with Gasteiger partial charge in [0.15, 0.2) is 0 Å². The van der Waals surface area contributed by atoms with Crippen molar-refractivity contribution in [2.24, 2.45) is 0 Å². The number of hydrogen-bond donors (Lipinski definition) is 1. The molecule has 0 fully saturated rings. The highest BCUT2D eigenvalue weighted by molar-refractivity contribution is 6.17. The van der Waals surface area contributed by atoms with Crippen LogP contribution in [0.2, 0.25) is 0 Å². The Morgan fingerprint density at radius 1 is 0.875 bits per heavy atom. The van der Waals surface area contributed by atoms with Crippen LogP contribution in [0.5, 0.6) is 0 Å². The van der Waals surface area contributed by atoms with Gasteiger partial charge in [0.25, 0.3) is 0 Å². The van der Waals surface area contributed by atoms with E-state index in [1.54, 1.807) is 6.07 Å². The Balaban J connectivity index is 2.14. The molecule has 1 aromatic heterocycles. The molecule has 0 aliphatic carbocycles. The monoisotopic (exact) mass is 327 g/mol. The zero-order valence-electron chi connectivity index (χ0n) is 13.2. The quantitative estimate of drug-likeness (QED) is 0.436. The highest BCUT2D eigenvalue weighted by Gasteiger charge is 2.30. The molecule has 0 bridgehead atoms. The zero-order valence-corrected chi connectivity index (χ0v) is 13.2. The first-order valence-corrected chi connectivity index (χ1v) is 8.02. The molecular formula is C20H16F3N. The second-order valence-electron chi connectivity index (χ2n) is 6.14. The van der Waals surface area contributed by atoms with Crippen molar-refractivity contribution in [1.29, 1.82) is 0 Å². The SMILES string of the molecule is CCCc1cc2c3ccccc3[nH]c2c2ccc(C(F)(F)F)cc12. The van der Waals surface area contributed by atoms with Gasteiger partial charge in [0.1, 0.15) is 0 Å². The van der Waals surface area contributed by atoms with Crippen LogP contribution in [0, 0.1) is 0 Å². The minimum absolute atomic E-state index is 0.595. The third kappa shape index (κ3) is 2.25. The minimum Gasteiger partial charge on any atom is -0.354 e. The van der Waals surface area contributed by atoms with E-state index in [0.29, 0.717) is 5.39 Å². The fraction of sp³-hybridized carbons (Fsp3) is 0.200. The van der Waals surface area contributed by atoms with E-state index in [9.17, 15) is 13.2 Å². The fourth-order valence-corrected chi connectivity index (χ4v) is 3.46. The van der Waals surface area contributed by atoms with Crippen molar-refractivity contribution >= 4 is 32.6 Å². The summed E-state index contributed by atoms with van der Waals surface area (Å²) in [5, 5.41) is 3.71. The van der Waals surface area contributed by atoms with Crippen molar-refractivity contribution in [3.8, 4) is 0 Å². The molecule has 0 saturated heterocycles. The summed E-state index contributed by atoms with van der Waals surface area (Å²) in [6.45, 7) is 2.04. The molecule has 0 aliphatic rings. The summed E-state index contributed by atoms with van der Waals surface area (Å²) in [6.07, 6.45) is -2.68. The summed E-state index contributed by atoms with van der Waals surface area (Å²) in [4.78, 5) is 3.37. The van der Waals surface area contributed by atoms with Gasteiger partial charge in [0.2, 0.25) is 0 Å². The first kappa shape index (κ1) is 15.1. The molecule has 3 aromatic carbocycles. The predicted molar refractivity (Wildman–Crippen MR) is 92.3 cm³/mol. The van der Waals surface area contributed by atoms with Gasteiger partial charge in [0, 0.05) is 21.7 Å². The Kier molecular flexibility index (Phi) is 3.30. The number of hydrogen-bond acceptors (Lipinski definition) is 0. The van der Waals surface area contributed by atoms with Crippen molar-refractivity contribution in [3.63, 3.8) is 0 Å². The Morgan fingerprint density at radius 3 is 2.42 bits per heavy atom. The lowest BCUT2D eigenvalue weighted by Gasteiger charge is -2.12. The average Bonchev–Trinajstić information content (AvgIpc) is 2.93. The van der Waals surface area contributed by atoms with Gasteiger partial charge in [-0.3, -0.25) is 0 Å². The number of alkyl halides is 3. The van der Waals surface area contributed by atoms with Crippen LogP contribution in [0.3, 0.4) is 0 Å². The van der Waals surface area contributed by atoms with Gasteiger partial charge < -0.3 is 4.98 Å². The Hall–Kier alpha value is -2.49. The standard InChI is InChI=1S/C20H16F3N/c1-2-5-12-10-17-14-6-3-4-7-18(14)24-19(17)15-9-8-13(11-16(12)15)20(21,22)23/h3-4,6-11,24H,2,5H2,1H3. The van der Waals surface area contributed by atoms with Crippen molar-refractivity contribution in [1.82, 2.24) is 4.98 Å². The number of fused-ring (bicyclic) bond motifs is 5. The van der Waals surface area contributed by atoms with E-state index in [-0.39, 0.29) is 0 Å². The highest BCUT2D eigenvalue weighted by Crippen LogP contribution is 2.37. The Morgan fingerprint density at radius 2 is 1.67 bits per heavy atom. The number of para-hydroxylation sites is 1. The van der Waals surface area contributed by atoms with Crippen LogP contribution < -0.4 is 0 Å².